The van der Waals surface area contributed by atoms with Gasteiger partial charge in [0.1, 0.15) is 5.54 Å². The van der Waals surface area contributed by atoms with Gasteiger partial charge in [-0.1, -0.05) is 41.9 Å². The molecule has 0 aliphatic carbocycles. The molecule has 2 N–H and O–H groups in total. The van der Waals surface area contributed by atoms with Crippen LogP contribution in [-0.4, -0.2) is 23.8 Å². The fourth-order valence-corrected chi connectivity index (χ4v) is 5.01. The number of hydrogen-bond acceptors (Lipinski definition) is 4. The molecule has 2 saturated heterocycles. The summed E-state index contributed by atoms with van der Waals surface area (Å²) in [5.41, 5.74) is 0.483. The van der Waals surface area contributed by atoms with Gasteiger partial charge < -0.3 is 5.32 Å². The number of fused-ring (bicyclic) bond motifs is 4. The summed E-state index contributed by atoms with van der Waals surface area (Å²) in [5, 5.41) is 6.45. The van der Waals surface area contributed by atoms with Crippen molar-refractivity contribution >= 4 is 40.7 Å². The number of hydrogen-bond donors (Lipinski definition) is 2. The highest BCUT2D eigenvalue weighted by atomic mass is 35.5. The Labute approximate surface area is 160 Å². The third-order valence-electron chi connectivity index (χ3n) is 5.86. The maximum atomic E-state index is 13.4. The minimum Gasteiger partial charge on any atom is -0.324 e. The van der Waals surface area contributed by atoms with E-state index in [2.05, 4.69) is 10.6 Å². The molecule has 0 saturated carbocycles. The average Bonchev–Trinajstić information content (AvgIpc) is 3.21. The predicted molar refractivity (Wildman–Crippen MR) is 100 cm³/mol. The molecule has 27 heavy (non-hydrogen) atoms. The molecule has 7 heteroatoms. The summed E-state index contributed by atoms with van der Waals surface area (Å²) < 4.78 is 0. The summed E-state index contributed by atoms with van der Waals surface area (Å²) in [6.07, 6.45) is 0. The third-order valence-corrected chi connectivity index (χ3v) is 6.18. The van der Waals surface area contributed by atoms with Crippen LogP contribution in [-0.2, 0) is 19.9 Å². The van der Waals surface area contributed by atoms with Gasteiger partial charge in [0.25, 0.3) is 0 Å². The second-order valence-corrected chi connectivity index (χ2v) is 7.61. The van der Waals surface area contributed by atoms with Gasteiger partial charge in [0, 0.05) is 17.3 Å². The average molecular weight is 382 g/mol. The van der Waals surface area contributed by atoms with Gasteiger partial charge in [-0.05, 0) is 25.1 Å². The lowest BCUT2D eigenvalue weighted by molar-refractivity contribution is -0.130. The van der Waals surface area contributed by atoms with Gasteiger partial charge in [0.2, 0.25) is 17.7 Å². The van der Waals surface area contributed by atoms with Crippen LogP contribution in [0.25, 0.3) is 0 Å². The van der Waals surface area contributed by atoms with Crippen LogP contribution in [0.5, 0.6) is 0 Å². The van der Waals surface area contributed by atoms with Crippen molar-refractivity contribution in [1.82, 2.24) is 5.32 Å². The maximum absolute atomic E-state index is 13.4. The van der Waals surface area contributed by atoms with E-state index < -0.39 is 23.3 Å². The van der Waals surface area contributed by atoms with Crippen LogP contribution >= 0.6 is 11.6 Å². The van der Waals surface area contributed by atoms with Crippen LogP contribution in [0.2, 0.25) is 5.02 Å². The van der Waals surface area contributed by atoms with Crippen molar-refractivity contribution in [2.75, 3.05) is 10.2 Å². The van der Waals surface area contributed by atoms with Crippen LogP contribution in [0.3, 0.4) is 0 Å². The molecule has 3 aliphatic rings. The second kappa shape index (κ2) is 5.41. The van der Waals surface area contributed by atoms with E-state index in [9.17, 15) is 14.4 Å². The smallest absolute Gasteiger partial charge is 0.250 e. The Morgan fingerprint density at radius 2 is 1.70 bits per heavy atom. The first-order valence-corrected chi connectivity index (χ1v) is 9.15. The van der Waals surface area contributed by atoms with E-state index >= 15 is 0 Å². The van der Waals surface area contributed by atoms with Gasteiger partial charge in [0.05, 0.1) is 22.5 Å². The van der Waals surface area contributed by atoms with Crippen molar-refractivity contribution in [3.63, 3.8) is 0 Å². The highest BCUT2D eigenvalue weighted by Gasteiger charge is 2.69. The maximum Gasteiger partial charge on any atom is 0.250 e. The molecule has 3 heterocycles. The summed E-state index contributed by atoms with van der Waals surface area (Å²) in [7, 11) is 0. The highest BCUT2D eigenvalue weighted by Crippen LogP contribution is 2.53. The van der Waals surface area contributed by atoms with E-state index in [1.54, 1.807) is 30.3 Å². The SMILES string of the molecule is C[C@H]1N[C@]2(C(=O)Nc3ccccc32)[C@@H]2C(=O)N(c3ccccc3Cl)C(=O)[C@H]21. The topological polar surface area (TPSA) is 78.5 Å². The molecule has 136 valence electrons. The number of anilines is 2. The first-order valence-electron chi connectivity index (χ1n) is 8.78. The Hall–Kier alpha value is -2.70. The Bertz CT molecular complexity index is 1020. The van der Waals surface area contributed by atoms with Crippen LogP contribution < -0.4 is 15.5 Å². The molecule has 0 bridgehead atoms. The third kappa shape index (κ3) is 1.91. The van der Waals surface area contributed by atoms with Crippen molar-refractivity contribution < 1.29 is 14.4 Å². The minimum atomic E-state index is -1.25. The zero-order chi connectivity index (χ0) is 18.9. The standard InChI is InChI=1S/C20H16ClN3O3/c1-10-15-16(18(26)24(17(15)25)14-9-5-3-7-12(14)21)20(23-10)11-6-2-4-8-13(11)22-19(20)27/h2-10,15-16,23H,1H3,(H,22,27)/t10-,15+,16+,20+/m1/s1. The van der Waals surface area contributed by atoms with E-state index in [1.165, 1.54) is 0 Å². The lowest BCUT2D eigenvalue weighted by Crippen LogP contribution is -2.53. The van der Waals surface area contributed by atoms with E-state index in [1.807, 2.05) is 25.1 Å². The Morgan fingerprint density at radius 3 is 2.48 bits per heavy atom. The van der Waals surface area contributed by atoms with Crippen molar-refractivity contribution in [3.05, 3.63) is 59.1 Å². The first kappa shape index (κ1) is 16.5. The van der Waals surface area contributed by atoms with Gasteiger partial charge >= 0.3 is 0 Å². The fourth-order valence-electron chi connectivity index (χ4n) is 4.79. The summed E-state index contributed by atoms with van der Waals surface area (Å²) in [6.45, 7) is 1.84. The van der Waals surface area contributed by atoms with E-state index in [0.29, 0.717) is 22.0 Å². The number of nitrogens with one attached hydrogen (secondary N) is 2. The van der Waals surface area contributed by atoms with Gasteiger partial charge in [-0.15, -0.1) is 0 Å². The largest absolute Gasteiger partial charge is 0.324 e. The minimum absolute atomic E-state index is 0.301. The second-order valence-electron chi connectivity index (χ2n) is 7.21. The molecule has 2 fully saturated rings. The molecule has 5 rings (SSSR count). The number of carbonyl (C=O) groups excluding carboxylic acids is 3. The number of benzene rings is 2. The number of nitrogens with zero attached hydrogens (tertiary/aromatic N) is 1. The first-order chi connectivity index (χ1) is 13.0. The molecular weight excluding hydrogens is 366 g/mol. The molecule has 1 spiro atoms. The van der Waals surface area contributed by atoms with E-state index in [-0.39, 0.29) is 17.9 Å². The predicted octanol–water partition coefficient (Wildman–Crippen LogP) is 2.28. The van der Waals surface area contributed by atoms with Crippen molar-refractivity contribution in [3.8, 4) is 0 Å². The van der Waals surface area contributed by atoms with E-state index in [0.717, 1.165) is 4.90 Å². The molecule has 2 aromatic carbocycles. The summed E-state index contributed by atoms with van der Waals surface area (Å²) in [5.74, 6) is -2.48. The number of para-hydroxylation sites is 2. The normalized spacial score (nSPS) is 31.4. The summed E-state index contributed by atoms with van der Waals surface area (Å²) >= 11 is 6.25. The van der Waals surface area contributed by atoms with Gasteiger partial charge in [-0.25, -0.2) is 4.90 Å². The van der Waals surface area contributed by atoms with Crippen LogP contribution in [0, 0.1) is 11.8 Å². The molecule has 0 radical (unpaired) electrons. The van der Waals surface area contributed by atoms with Gasteiger partial charge in [-0.3, -0.25) is 19.7 Å². The molecular formula is C20H16ClN3O3. The Kier molecular flexibility index (Phi) is 3.30. The lowest BCUT2D eigenvalue weighted by Gasteiger charge is -2.29. The highest BCUT2D eigenvalue weighted by molar-refractivity contribution is 6.36. The van der Waals surface area contributed by atoms with Crippen molar-refractivity contribution in [2.24, 2.45) is 11.8 Å². The molecule has 4 atom stereocenters. The molecule has 0 aromatic heterocycles. The molecule has 0 unspecified atom stereocenters. The molecule has 6 nitrogen and oxygen atoms in total. The number of rotatable bonds is 1. The monoisotopic (exact) mass is 381 g/mol. The quantitative estimate of drug-likeness (QED) is 0.743. The van der Waals surface area contributed by atoms with Gasteiger partial charge in [-0.2, -0.15) is 0 Å². The van der Waals surface area contributed by atoms with Gasteiger partial charge in [0.15, 0.2) is 0 Å². The lowest BCUT2D eigenvalue weighted by atomic mass is 9.76. The molecule has 3 amide bonds. The van der Waals surface area contributed by atoms with Crippen LogP contribution in [0.4, 0.5) is 11.4 Å². The summed E-state index contributed by atoms with van der Waals surface area (Å²) in [6, 6.07) is 13.7. The fraction of sp³-hybridized carbons (Fsp3) is 0.250. The zero-order valence-corrected chi connectivity index (χ0v) is 15.2. The Morgan fingerprint density at radius 1 is 1.00 bits per heavy atom. The van der Waals surface area contributed by atoms with Crippen LogP contribution in [0.1, 0.15) is 12.5 Å². The van der Waals surface area contributed by atoms with Crippen molar-refractivity contribution in [1.29, 1.82) is 0 Å². The van der Waals surface area contributed by atoms with E-state index in [4.69, 9.17) is 11.6 Å². The van der Waals surface area contributed by atoms with Crippen LogP contribution in [0.15, 0.2) is 48.5 Å². The number of amides is 3. The molecule has 2 aromatic rings. The number of halogens is 1. The Balaban J connectivity index is 1.69. The summed E-state index contributed by atoms with van der Waals surface area (Å²) in [4.78, 5) is 40.8. The zero-order valence-electron chi connectivity index (χ0n) is 14.4. The number of carbonyl (C=O) groups is 3. The molecule has 3 aliphatic heterocycles. The number of imide groups is 1. The van der Waals surface area contributed by atoms with Crippen molar-refractivity contribution in [2.45, 2.75) is 18.5 Å².